The Kier molecular flexibility index (Phi) is 3.61. The third-order valence-electron chi connectivity index (χ3n) is 6.81. The highest BCUT2D eigenvalue weighted by Crippen LogP contribution is 2.71. The number of nitrogens with zero attached hydrogens (tertiary/aromatic N) is 3. The van der Waals surface area contributed by atoms with Gasteiger partial charge in [0.15, 0.2) is 0 Å². The van der Waals surface area contributed by atoms with Crippen molar-refractivity contribution in [1.29, 1.82) is 0 Å². The van der Waals surface area contributed by atoms with E-state index in [4.69, 9.17) is 0 Å². The van der Waals surface area contributed by atoms with Gasteiger partial charge in [-0.15, -0.1) is 0 Å². The van der Waals surface area contributed by atoms with E-state index >= 15 is 0 Å². The fourth-order valence-electron chi connectivity index (χ4n) is 5.26. The van der Waals surface area contributed by atoms with Gasteiger partial charge in [-0.05, 0) is 23.6 Å². The number of aliphatic hydroxyl groups excluding tert-OH is 1. The molecule has 5 atom stereocenters. The quantitative estimate of drug-likeness (QED) is 0.488. The second-order valence-electron chi connectivity index (χ2n) is 8.39. The van der Waals surface area contributed by atoms with Crippen molar-refractivity contribution in [3.63, 3.8) is 0 Å². The lowest BCUT2D eigenvalue weighted by Crippen LogP contribution is -2.47. The maximum atomic E-state index is 11.0. The standard InChI is InChI=1S/C24H22N4O2/c1-14-19-20(24(19,30)21(14)29)28-12-17(15-8-4-2-5-9-15)18-22(25-13-26-23(18)28)27-16-10-6-3-7-11-16/h2-14,19-21,29-30H,1H3,(H,25,26,27)/t14?,19-,20+,21-,24?/m0/s1. The van der Waals surface area contributed by atoms with E-state index in [1.165, 1.54) is 0 Å². The molecule has 0 aliphatic heterocycles. The Morgan fingerprint density at radius 1 is 1.00 bits per heavy atom. The number of nitrogens with one attached hydrogen (secondary N) is 1. The van der Waals surface area contributed by atoms with Crippen LogP contribution in [0.25, 0.3) is 22.2 Å². The van der Waals surface area contributed by atoms with Crippen molar-refractivity contribution < 1.29 is 10.2 Å². The van der Waals surface area contributed by atoms with Crippen LogP contribution in [-0.4, -0.2) is 36.5 Å². The minimum absolute atomic E-state index is 0.0484. The largest absolute Gasteiger partial charge is 0.390 e. The maximum absolute atomic E-state index is 11.0. The lowest BCUT2D eigenvalue weighted by atomic mass is 9.81. The van der Waals surface area contributed by atoms with E-state index in [0.717, 1.165) is 33.7 Å². The smallest absolute Gasteiger partial charge is 0.146 e. The van der Waals surface area contributed by atoms with Crippen LogP contribution in [0, 0.1) is 11.8 Å². The van der Waals surface area contributed by atoms with Crippen molar-refractivity contribution in [3.8, 4) is 11.1 Å². The van der Waals surface area contributed by atoms with Gasteiger partial charge < -0.3 is 20.1 Å². The minimum Gasteiger partial charge on any atom is -0.390 e. The zero-order valence-corrected chi connectivity index (χ0v) is 16.5. The Hall–Kier alpha value is -3.22. The average molecular weight is 398 g/mol. The van der Waals surface area contributed by atoms with Crippen LogP contribution >= 0.6 is 0 Å². The molecule has 0 radical (unpaired) electrons. The zero-order chi connectivity index (χ0) is 20.5. The first-order chi connectivity index (χ1) is 14.6. The summed E-state index contributed by atoms with van der Waals surface area (Å²) in [5, 5.41) is 25.6. The Bertz CT molecular complexity index is 1240. The Morgan fingerprint density at radius 2 is 1.70 bits per heavy atom. The molecule has 30 heavy (non-hydrogen) atoms. The van der Waals surface area contributed by atoms with Gasteiger partial charge in [0.25, 0.3) is 0 Å². The molecule has 6 rings (SSSR count). The molecule has 0 spiro atoms. The summed E-state index contributed by atoms with van der Waals surface area (Å²) in [4.78, 5) is 9.12. The van der Waals surface area contributed by atoms with E-state index in [2.05, 4.69) is 27.4 Å². The fraction of sp³-hybridized carbons (Fsp3) is 0.250. The van der Waals surface area contributed by atoms with E-state index in [1.54, 1.807) is 6.33 Å². The Balaban J connectivity index is 1.55. The van der Waals surface area contributed by atoms with Gasteiger partial charge in [-0.1, -0.05) is 55.5 Å². The van der Waals surface area contributed by atoms with Gasteiger partial charge in [0.2, 0.25) is 0 Å². The van der Waals surface area contributed by atoms with Crippen LogP contribution in [0.2, 0.25) is 0 Å². The first kappa shape index (κ1) is 17.6. The van der Waals surface area contributed by atoms with Crippen molar-refractivity contribution in [2.24, 2.45) is 11.8 Å². The molecule has 6 heteroatoms. The number of hydrogen-bond acceptors (Lipinski definition) is 5. The number of aliphatic hydroxyl groups is 2. The summed E-state index contributed by atoms with van der Waals surface area (Å²) in [5.41, 5.74) is 2.70. The maximum Gasteiger partial charge on any atom is 0.146 e. The third kappa shape index (κ3) is 2.26. The molecule has 0 amide bonds. The zero-order valence-electron chi connectivity index (χ0n) is 16.5. The molecule has 2 aromatic heterocycles. The van der Waals surface area contributed by atoms with Crippen molar-refractivity contribution in [3.05, 3.63) is 73.2 Å². The van der Waals surface area contributed by atoms with E-state index in [1.807, 2.05) is 66.2 Å². The molecule has 150 valence electrons. The van der Waals surface area contributed by atoms with Crippen LogP contribution < -0.4 is 5.32 Å². The predicted molar refractivity (Wildman–Crippen MR) is 115 cm³/mol. The van der Waals surface area contributed by atoms with E-state index in [9.17, 15) is 10.2 Å². The van der Waals surface area contributed by atoms with Gasteiger partial charge >= 0.3 is 0 Å². The van der Waals surface area contributed by atoms with Crippen LogP contribution in [0.1, 0.15) is 13.0 Å². The van der Waals surface area contributed by atoms with E-state index in [0.29, 0.717) is 0 Å². The SMILES string of the molecule is CC1[C@H](O)C2(O)[C@@H]1[C@H]2n1cc(-c2ccccc2)c2c(Nc3ccccc3)ncnc21. The highest BCUT2D eigenvalue weighted by molar-refractivity contribution is 6.02. The normalized spacial score (nSPS) is 29.3. The number of para-hydroxylation sites is 1. The summed E-state index contributed by atoms with van der Waals surface area (Å²) >= 11 is 0. The summed E-state index contributed by atoms with van der Waals surface area (Å²) in [7, 11) is 0. The molecule has 2 fully saturated rings. The summed E-state index contributed by atoms with van der Waals surface area (Å²) in [5.74, 6) is 0.839. The molecule has 2 aromatic carbocycles. The van der Waals surface area contributed by atoms with Gasteiger partial charge in [-0.25, -0.2) is 9.97 Å². The number of rotatable bonds is 4. The number of aromatic nitrogens is 3. The summed E-state index contributed by atoms with van der Waals surface area (Å²) < 4.78 is 2.03. The Labute approximate surface area is 173 Å². The lowest BCUT2D eigenvalue weighted by molar-refractivity contribution is -0.110. The van der Waals surface area contributed by atoms with Crippen LogP contribution in [0.15, 0.2) is 73.2 Å². The summed E-state index contributed by atoms with van der Waals surface area (Å²) in [6.07, 6.45) is 2.90. The molecule has 0 bridgehead atoms. The van der Waals surface area contributed by atoms with Crippen LogP contribution in [0.4, 0.5) is 11.5 Å². The van der Waals surface area contributed by atoms with Crippen molar-refractivity contribution in [1.82, 2.24) is 14.5 Å². The highest BCUT2D eigenvalue weighted by atomic mass is 16.4. The van der Waals surface area contributed by atoms with Crippen molar-refractivity contribution in [2.45, 2.75) is 24.7 Å². The molecule has 2 unspecified atom stereocenters. The number of fused-ring (bicyclic) bond motifs is 2. The lowest BCUT2D eigenvalue weighted by Gasteiger charge is -2.33. The molecule has 2 saturated carbocycles. The second kappa shape index (κ2) is 6.14. The van der Waals surface area contributed by atoms with E-state index < -0.39 is 11.7 Å². The van der Waals surface area contributed by atoms with E-state index in [-0.39, 0.29) is 17.9 Å². The van der Waals surface area contributed by atoms with Crippen LogP contribution in [0.5, 0.6) is 0 Å². The highest BCUT2D eigenvalue weighted by Gasteiger charge is 2.80. The molecule has 4 aromatic rings. The molecule has 2 heterocycles. The Morgan fingerprint density at radius 3 is 2.37 bits per heavy atom. The third-order valence-corrected chi connectivity index (χ3v) is 6.81. The van der Waals surface area contributed by atoms with Gasteiger partial charge in [0, 0.05) is 23.4 Å². The molecule has 2 aliphatic rings. The topological polar surface area (TPSA) is 83.2 Å². The van der Waals surface area contributed by atoms with Crippen molar-refractivity contribution in [2.75, 3.05) is 5.32 Å². The minimum atomic E-state index is -1.06. The first-order valence-electron chi connectivity index (χ1n) is 10.2. The first-order valence-corrected chi connectivity index (χ1v) is 10.2. The molecule has 3 N–H and O–H groups in total. The molecular formula is C24H22N4O2. The average Bonchev–Trinajstić information content (AvgIpc) is 3.15. The van der Waals surface area contributed by atoms with Crippen LogP contribution in [0.3, 0.4) is 0 Å². The number of anilines is 2. The molecule has 2 aliphatic carbocycles. The summed E-state index contributed by atoms with van der Waals surface area (Å²) in [6, 6.07) is 19.9. The monoisotopic (exact) mass is 398 g/mol. The van der Waals surface area contributed by atoms with Gasteiger partial charge in [-0.2, -0.15) is 0 Å². The number of hydrogen-bond donors (Lipinski definition) is 3. The van der Waals surface area contributed by atoms with Gasteiger partial charge in [-0.3, -0.25) is 0 Å². The predicted octanol–water partition coefficient (Wildman–Crippen LogP) is 3.75. The van der Waals surface area contributed by atoms with Gasteiger partial charge in [0.05, 0.1) is 17.5 Å². The molecule has 6 nitrogen and oxygen atoms in total. The van der Waals surface area contributed by atoms with Crippen molar-refractivity contribution >= 4 is 22.5 Å². The molecular weight excluding hydrogens is 376 g/mol. The fourth-order valence-corrected chi connectivity index (χ4v) is 5.26. The number of benzene rings is 2. The van der Waals surface area contributed by atoms with Crippen LogP contribution in [-0.2, 0) is 0 Å². The second-order valence-corrected chi connectivity index (χ2v) is 8.39. The summed E-state index contributed by atoms with van der Waals surface area (Å²) in [6.45, 7) is 1.99. The molecule has 0 saturated heterocycles. The van der Waals surface area contributed by atoms with Gasteiger partial charge in [0.1, 0.15) is 23.4 Å².